The zero-order chi connectivity index (χ0) is 41.5. The maximum Gasteiger partial charge on any atom is 0.351 e. The lowest BCUT2D eigenvalue weighted by Crippen LogP contribution is -2.47. The highest BCUT2D eigenvalue weighted by atomic mass is 127. The van der Waals surface area contributed by atoms with Gasteiger partial charge in [-0.1, -0.05) is 11.8 Å². The van der Waals surface area contributed by atoms with E-state index in [1.54, 1.807) is 34.6 Å². The molecule has 21 heteroatoms. The van der Waals surface area contributed by atoms with E-state index in [9.17, 15) is 39.3 Å². The van der Waals surface area contributed by atoms with Crippen molar-refractivity contribution in [2.24, 2.45) is 0 Å². The molecule has 0 spiro atoms. The molecule has 0 bridgehead atoms. The number of nitrogens with one attached hydrogen (secondary N) is 1. The van der Waals surface area contributed by atoms with Crippen LogP contribution in [-0.4, -0.2) is 114 Å². The molecule has 2 aromatic heterocycles. The number of hydrogen-bond acceptors (Lipinski definition) is 17. The van der Waals surface area contributed by atoms with Crippen LogP contribution in [0.25, 0.3) is 0 Å². The first-order valence-electron chi connectivity index (χ1n) is 17.7. The summed E-state index contributed by atoms with van der Waals surface area (Å²) in [4.78, 5) is 71.7. The average Bonchev–Trinajstić information content (AvgIpc) is 3.69. The van der Waals surface area contributed by atoms with Crippen LogP contribution in [0.3, 0.4) is 0 Å². The van der Waals surface area contributed by atoms with Crippen LogP contribution in [0.2, 0.25) is 0 Å². The minimum absolute atomic E-state index is 0.0304. The minimum Gasteiger partial charge on any atom is -0.460 e. The van der Waals surface area contributed by atoms with E-state index in [2.05, 4.69) is 27.1 Å². The van der Waals surface area contributed by atoms with Crippen LogP contribution in [0.5, 0.6) is 0 Å². The fourth-order valence-corrected chi connectivity index (χ4v) is 6.15. The molecule has 2 saturated heterocycles. The second-order valence-electron chi connectivity index (χ2n) is 14.8. The Balaban J connectivity index is 1.38. The SMILES string of the molecule is CC(C)(C)OC(=O)CC(NC(=O)CCC#Cc1cn([C@H]2CC(O)[C@@H](CO)O2)c(=O)nc1N)C(=O)OC(C)(C)COC1C[C@H](n2cc(I)c(N)nc2=O)O[C@@H]1CO. The molecule has 0 radical (unpaired) electrons. The Morgan fingerprint density at radius 2 is 1.59 bits per heavy atom. The number of nitrogen functional groups attached to an aromatic ring is 2. The maximum atomic E-state index is 13.5. The van der Waals surface area contributed by atoms with Crippen molar-refractivity contribution in [3.05, 3.63) is 42.5 Å². The van der Waals surface area contributed by atoms with Crippen molar-refractivity contribution in [1.82, 2.24) is 24.4 Å². The van der Waals surface area contributed by atoms with E-state index in [0.29, 0.717) is 3.57 Å². The third kappa shape index (κ3) is 12.2. The van der Waals surface area contributed by atoms with Crippen molar-refractivity contribution in [2.45, 2.75) is 121 Å². The predicted octanol–water partition coefficient (Wildman–Crippen LogP) is -0.755. The van der Waals surface area contributed by atoms with E-state index in [1.807, 2.05) is 22.6 Å². The van der Waals surface area contributed by atoms with Crippen molar-refractivity contribution in [2.75, 3.05) is 31.3 Å². The molecule has 8 N–H and O–H groups in total. The summed E-state index contributed by atoms with van der Waals surface area (Å²) in [5.41, 5.74) is 8.22. The largest absolute Gasteiger partial charge is 0.460 e. The molecule has 4 heterocycles. The fraction of sp³-hybridized carbons (Fsp3) is 0.629. The van der Waals surface area contributed by atoms with Gasteiger partial charge in [-0.25, -0.2) is 14.4 Å². The zero-order valence-corrected chi connectivity index (χ0v) is 33.8. The van der Waals surface area contributed by atoms with Crippen LogP contribution >= 0.6 is 22.6 Å². The van der Waals surface area contributed by atoms with E-state index in [1.165, 1.54) is 17.0 Å². The highest BCUT2D eigenvalue weighted by Crippen LogP contribution is 2.31. The van der Waals surface area contributed by atoms with Gasteiger partial charge < -0.3 is 55.8 Å². The smallest absolute Gasteiger partial charge is 0.351 e. The van der Waals surface area contributed by atoms with E-state index in [4.69, 9.17) is 35.2 Å². The van der Waals surface area contributed by atoms with Gasteiger partial charge in [0.15, 0.2) is 0 Å². The first-order chi connectivity index (χ1) is 26.2. The molecule has 3 unspecified atom stereocenters. The van der Waals surface area contributed by atoms with Crippen LogP contribution < -0.4 is 28.2 Å². The molecule has 2 fully saturated rings. The zero-order valence-electron chi connectivity index (χ0n) is 31.6. The summed E-state index contributed by atoms with van der Waals surface area (Å²) in [5.74, 6) is 3.08. The number of esters is 2. The number of nitrogens with two attached hydrogens (primary N) is 2. The van der Waals surface area contributed by atoms with Gasteiger partial charge in [0.05, 0.1) is 47.6 Å². The average molecular weight is 902 g/mol. The normalized spacial score (nSPS) is 22.9. The van der Waals surface area contributed by atoms with E-state index < -0.39 is 103 Å². The minimum atomic E-state index is -1.45. The summed E-state index contributed by atoms with van der Waals surface area (Å²) in [5, 5.41) is 31.9. The summed E-state index contributed by atoms with van der Waals surface area (Å²) >= 11 is 1.93. The Bertz CT molecular complexity index is 1940. The molecule has 4 rings (SSSR count). The fourth-order valence-electron chi connectivity index (χ4n) is 5.73. The number of ether oxygens (including phenoxy) is 5. The lowest BCUT2D eigenvalue weighted by Gasteiger charge is -2.30. The molecule has 2 aliphatic rings. The summed E-state index contributed by atoms with van der Waals surface area (Å²) in [6, 6.07) is -1.45. The van der Waals surface area contributed by atoms with E-state index in [-0.39, 0.29) is 49.5 Å². The second-order valence-corrected chi connectivity index (χ2v) is 16.0. The number of aromatic nitrogens is 4. The summed E-state index contributed by atoms with van der Waals surface area (Å²) in [6.07, 6.45) is -2.87. The Morgan fingerprint density at radius 1 is 0.982 bits per heavy atom. The number of nitrogens with zero attached hydrogens (tertiary/aromatic N) is 4. The van der Waals surface area contributed by atoms with Gasteiger partial charge in [-0.15, -0.1) is 0 Å². The molecule has 0 saturated carbocycles. The summed E-state index contributed by atoms with van der Waals surface area (Å²) in [6.45, 7) is 7.01. The number of anilines is 2. The number of carbonyl (C=O) groups is 3. The second kappa shape index (κ2) is 18.8. The van der Waals surface area contributed by atoms with Crippen molar-refractivity contribution < 1.29 is 53.4 Å². The van der Waals surface area contributed by atoms with Crippen molar-refractivity contribution in [3.63, 3.8) is 0 Å². The topological polar surface area (TPSA) is 292 Å². The van der Waals surface area contributed by atoms with Crippen LogP contribution in [0.4, 0.5) is 11.6 Å². The van der Waals surface area contributed by atoms with Gasteiger partial charge in [0.25, 0.3) is 0 Å². The Kier molecular flexibility index (Phi) is 15.0. The van der Waals surface area contributed by atoms with Crippen molar-refractivity contribution in [1.29, 1.82) is 0 Å². The standard InChI is InChI=1S/C35H48IN7O13/c1-34(2,3)55-28(48)10-20(39-25(47)9-7-6-8-18-13-42(32(50)40-29(18)37)26-11-21(46)23(15-44)53-26)31(49)56-35(4,5)17-52-22-12-27(54-24(22)16-45)43-14-19(36)30(38)41-33(43)51/h13-14,20-24,26-27,44-46H,7,9-12,15-17H2,1-5H3,(H,39,47)(H2,37,40,50)(H2,38,41,51)/t20?,21?,22?,23-,24-,26-,27-/m1/s1. The number of halogens is 1. The van der Waals surface area contributed by atoms with Crippen LogP contribution in [0.1, 0.15) is 84.7 Å². The van der Waals surface area contributed by atoms with Gasteiger partial charge in [-0.2, -0.15) is 9.97 Å². The number of aliphatic hydroxyl groups excluding tert-OH is 3. The molecule has 0 aliphatic carbocycles. The quantitative estimate of drug-likeness (QED) is 0.0772. The Labute approximate surface area is 335 Å². The third-order valence-electron chi connectivity index (χ3n) is 8.41. The van der Waals surface area contributed by atoms with Gasteiger partial charge in [0.2, 0.25) is 5.91 Å². The lowest BCUT2D eigenvalue weighted by molar-refractivity contribution is -0.172. The molecule has 2 aromatic rings. The number of aliphatic hydroxyl groups is 3. The van der Waals surface area contributed by atoms with Gasteiger partial charge in [-0.3, -0.25) is 18.7 Å². The van der Waals surface area contributed by atoms with Gasteiger partial charge >= 0.3 is 23.3 Å². The number of carbonyl (C=O) groups excluding carboxylic acids is 3. The van der Waals surface area contributed by atoms with Gasteiger partial charge in [0.1, 0.15) is 53.5 Å². The molecule has 1 amide bonds. The van der Waals surface area contributed by atoms with Gasteiger partial charge in [0, 0.05) is 38.1 Å². The molecular weight excluding hydrogens is 853 g/mol. The molecule has 56 heavy (non-hydrogen) atoms. The van der Waals surface area contributed by atoms with E-state index >= 15 is 0 Å². The Hall–Kier alpha value is -4.18. The predicted molar refractivity (Wildman–Crippen MR) is 204 cm³/mol. The first-order valence-corrected chi connectivity index (χ1v) is 18.8. The van der Waals surface area contributed by atoms with Gasteiger partial charge in [-0.05, 0) is 57.2 Å². The molecule has 2 aliphatic heterocycles. The van der Waals surface area contributed by atoms with Crippen LogP contribution in [0, 0.1) is 15.4 Å². The molecule has 7 atom stereocenters. The van der Waals surface area contributed by atoms with Crippen molar-refractivity contribution >= 4 is 52.1 Å². The van der Waals surface area contributed by atoms with Crippen LogP contribution in [0.15, 0.2) is 22.0 Å². The van der Waals surface area contributed by atoms with Crippen molar-refractivity contribution in [3.8, 4) is 11.8 Å². The Morgan fingerprint density at radius 3 is 2.21 bits per heavy atom. The third-order valence-corrected chi connectivity index (χ3v) is 9.24. The molecular formula is C35H48IN7O13. The molecule has 20 nitrogen and oxygen atoms in total. The highest BCUT2D eigenvalue weighted by molar-refractivity contribution is 14.1. The van der Waals surface area contributed by atoms with Crippen LogP contribution in [-0.2, 0) is 38.1 Å². The van der Waals surface area contributed by atoms with E-state index in [0.717, 1.165) is 4.57 Å². The number of amides is 1. The number of rotatable bonds is 14. The lowest BCUT2D eigenvalue weighted by atomic mass is 10.1. The first kappa shape index (κ1) is 44.5. The monoisotopic (exact) mass is 901 g/mol. The molecule has 0 aromatic carbocycles. The molecule has 308 valence electrons. The summed E-state index contributed by atoms with van der Waals surface area (Å²) in [7, 11) is 0. The summed E-state index contributed by atoms with van der Waals surface area (Å²) < 4.78 is 31.4. The maximum absolute atomic E-state index is 13.5. The number of hydrogen-bond donors (Lipinski definition) is 6. The highest BCUT2D eigenvalue weighted by Gasteiger charge is 2.40.